The number of carbonyl (C=O) groups excluding carboxylic acids is 1. The summed E-state index contributed by atoms with van der Waals surface area (Å²) in [6.45, 7) is 1.87. The third-order valence-corrected chi connectivity index (χ3v) is 4.18. The Bertz CT molecular complexity index is 731. The Hall–Kier alpha value is -1.85. The number of anilines is 1. The van der Waals surface area contributed by atoms with Crippen molar-refractivity contribution in [3.63, 3.8) is 0 Å². The normalized spacial score (nSPS) is 10.2. The number of carboxylic acids is 1. The lowest BCUT2D eigenvalue weighted by molar-refractivity contribution is 0.0698. The maximum atomic E-state index is 12.3. The van der Waals surface area contributed by atoms with Crippen molar-refractivity contribution in [2.45, 2.75) is 6.92 Å². The van der Waals surface area contributed by atoms with Crippen LogP contribution in [-0.4, -0.2) is 17.0 Å². The molecule has 0 saturated heterocycles. The summed E-state index contributed by atoms with van der Waals surface area (Å²) < 4.78 is 0.674. The molecule has 0 aliphatic rings. The van der Waals surface area contributed by atoms with E-state index < -0.39 is 11.9 Å². The average molecular weight is 369 g/mol. The van der Waals surface area contributed by atoms with Gasteiger partial charge >= 0.3 is 5.97 Å². The molecule has 0 aliphatic carbocycles. The number of aryl methyl sites for hydroxylation is 1. The predicted molar refractivity (Wildman–Crippen MR) is 85.2 cm³/mol. The summed E-state index contributed by atoms with van der Waals surface area (Å²) in [5.41, 5.74) is 1.49. The number of benzene rings is 2. The smallest absolute Gasteiger partial charge is 0.337 e. The van der Waals surface area contributed by atoms with Gasteiger partial charge in [-0.2, -0.15) is 0 Å². The molecule has 108 valence electrons. The van der Waals surface area contributed by atoms with E-state index in [0.29, 0.717) is 15.1 Å². The van der Waals surface area contributed by atoms with Crippen LogP contribution in [0, 0.1) is 6.92 Å². The van der Waals surface area contributed by atoms with Crippen LogP contribution in [0.1, 0.15) is 26.3 Å². The van der Waals surface area contributed by atoms with Crippen LogP contribution in [0.2, 0.25) is 5.02 Å². The van der Waals surface area contributed by atoms with Crippen molar-refractivity contribution in [1.82, 2.24) is 0 Å². The van der Waals surface area contributed by atoms with E-state index in [1.165, 1.54) is 18.2 Å². The van der Waals surface area contributed by atoms with Crippen molar-refractivity contribution in [1.29, 1.82) is 0 Å². The number of rotatable bonds is 3. The van der Waals surface area contributed by atoms with Crippen LogP contribution >= 0.6 is 27.5 Å². The fraction of sp³-hybridized carbons (Fsp3) is 0.0667. The van der Waals surface area contributed by atoms with Crippen molar-refractivity contribution >= 4 is 45.1 Å². The van der Waals surface area contributed by atoms with E-state index in [1.54, 1.807) is 12.1 Å². The predicted octanol–water partition coefficient (Wildman–Crippen LogP) is 4.36. The molecule has 4 nitrogen and oxygen atoms in total. The van der Waals surface area contributed by atoms with E-state index in [2.05, 4.69) is 21.2 Å². The standard InChI is InChI=1S/C15H11BrClNO3/c1-8-3-2-4-10(13(8)16)14(19)18-12-6-5-9(17)7-11(12)15(20)21/h2-7H,1H3,(H,18,19)(H,20,21). The maximum absolute atomic E-state index is 12.3. The largest absolute Gasteiger partial charge is 0.478 e. The molecule has 0 spiro atoms. The molecule has 1 amide bonds. The van der Waals surface area contributed by atoms with Gasteiger partial charge in [0.2, 0.25) is 0 Å². The zero-order chi connectivity index (χ0) is 15.6. The van der Waals surface area contributed by atoms with E-state index in [0.717, 1.165) is 5.56 Å². The number of amides is 1. The number of carboxylic acid groups (broad SMARTS) is 1. The summed E-state index contributed by atoms with van der Waals surface area (Å²) in [4.78, 5) is 23.5. The molecule has 2 aromatic rings. The molecule has 0 aliphatic heterocycles. The summed E-state index contributed by atoms with van der Waals surface area (Å²) in [5.74, 6) is -1.55. The van der Waals surface area contributed by atoms with Crippen molar-refractivity contribution < 1.29 is 14.7 Å². The number of aromatic carboxylic acids is 1. The molecule has 2 N–H and O–H groups in total. The van der Waals surface area contributed by atoms with Gasteiger partial charge in [0.25, 0.3) is 5.91 Å². The first kappa shape index (κ1) is 15.5. The van der Waals surface area contributed by atoms with Gasteiger partial charge in [0.05, 0.1) is 16.8 Å². The zero-order valence-electron chi connectivity index (χ0n) is 11.0. The Morgan fingerprint density at radius 1 is 1.19 bits per heavy atom. The fourth-order valence-corrected chi connectivity index (χ4v) is 2.43. The van der Waals surface area contributed by atoms with Crippen LogP contribution in [0.25, 0.3) is 0 Å². The molecular weight excluding hydrogens is 358 g/mol. The molecule has 2 aromatic carbocycles. The third-order valence-electron chi connectivity index (χ3n) is 2.90. The Morgan fingerprint density at radius 3 is 2.57 bits per heavy atom. The summed E-state index contributed by atoms with van der Waals surface area (Å²) >= 11 is 9.13. The van der Waals surface area contributed by atoms with Crippen molar-refractivity contribution in [2.24, 2.45) is 0 Å². The van der Waals surface area contributed by atoms with Gasteiger partial charge in [-0.3, -0.25) is 4.79 Å². The number of hydrogen-bond acceptors (Lipinski definition) is 2. The lowest BCUT2D eigenvalue weighted by Crippen LogP contribution is -2.15. The highest BCUT2D eigenvalue weighted by Crippen LogP contribution is 2.24. The Morgan fingerprint density at radius 2 is 1.90 bits per heavy atom. The minimum absolute atomic E-state index is 0.0559. The minimum atomic E-state index is -1.16. The topological polar surface area (TPSA) is 66.4 Å². The van der Waals surface area contributed by atoms with Crippen LogP contribution in [0.15, 0.2) is 40.9 Å². The SMILES string of the molecule is Cc1cccc(C(=O)Nc2ccc(Cl)cc2C(=O)O)c1Br. The van der Waals surface area contributed by atoms with Crippen LogP contribution in [0.5, 0.6) is 0 Å². The van der Waals surface area contributed by atoms with Crippen LogP contribution in [0.3, 0.4) is 0 Å². The lowest BCUT2D eigenvalue weighted by atomic mass is 10.1. The van der Waals surface area contributed by atoms with Gasteiger partial charge in [-0.05, 0) is 52.7 Å². The van der Waals surface area contributed by atoms with Gasteiger partial charge in [0, 0.05) is 9.50 Å². The second kappa shape index (κ2) is 6.28. The van der Waals surface area contributed by atoms with Gasteiger partial charge in [-0.25, -0.2) is 4.79 Å². The molecule has 2 rings (SSSR count). The first-order valence-corrected chi connectivity index (χ1v) is 7.16. The molecule has 0 radical (unpaired) electrons. The second-order valence-corrected chi connectivity index (χ2v) is 5.62. The summed E-state index contributed by atoms with van der Waals surface area (Å²) in [6, 6.07) is 9.57. The molecule has 0 fully saturated rings. The molecule has 0 unspecified atom stereocenters. The molecule has 0 saturated carbocycles. The van der Waals surface area contributed by atoms with E-state index in [1.807, 2.05) is 13.0 Å². The van der Waals surface area contributed by atoms with Crippen molar-refractivity contribution in [2.75, 3.05) is 5.32 Å². The number of nitrogens with one attached hydrogen (secondary N) is 1. The molecular formula is C15H11BrClNO3. The van der Waals surface area contributed by atoms with Crippen LogP contribution in [-0.2, 0) is 0 Å². The molecule has 21 heavy (non-hydrogen) atoms. The molecule has 0 aromatic heterocycles. The second-order valence-electron chi connectivity index (χ2n) is 4.39. The third kappa shape index (κ3) is 3.43. The van der Waals surface area contributed by atoms with Gasteiger partial charge in [0.1, 0.15) is 0 Å². The summed E-state index contributed by atoms with van der Waals surface area (Å²) in [6.07, 6.45) is 0. The Balaban J connectivity index is 2.36. The highest BCUT2D eigenvalue weighted by molar-refractivity contribution is 9.10. The fourth-order valence-electron chi connectivity index (χ4n) is 1.81. The first-order chi connectivity index (χ1) is 9.90. The summed E-state index contributed by atoms with van der Waals surface area (Å²) in [7, 11) is 0. The molecule has 0 heterocycles. The van der Waals surface area contributed by atoms with E-state index in [4.69, 9.17) is 16.7 Å². The number of carbonyl (C=O) groups is 2. The van der Waals surface area contributed by atoms with Gasteiger partial charge < -0.3 is 10.4 Å². The zero-order valence-corrected chi connectivity index (χ0v) is 13.3. The van der Waals surface area contributed by atoms with Crippen LogP contribution < -0.4 is 5.32 Å². The highest BCUT2D eigenvalue weighted by Gasteiger charge is 2.16. The van der Waals surface area contributed by atoms with Crippen molar-refractivity contribution in [3.05, 3.63) is 62.6 Å². The monoisotopic (exact) mass is 367 g/mol. The van der Waals surface area contributed by atoms with Crippen molar-refractivity contribution in [3.8, 4) is 0 Å². The number of hydrogen-bond donors (Lipinski definition) is 2. The number of halogens is 2. The van der Waals surface area contributed by atoms with E-state index in [9.17, 15) is 9.59 Å². The minimum Gasteiger partial charge on any atom is -0.478 e. The van der Waals surface area contributed by atoms with Gasteiger partial charge in [-0.15, -0.1) is 0 Å². The Kier molecular flexibility index (Phi) is 4.65. The molecule has 0 bridgehead atoms. The molecule has 0 atom stereocenters. The van der Waals surface area contributed by atoms with Crippen LogP contribution in [0.4, 0.5) is 5.69 Å². The lowest BCUT2D eigenvalue weighted by Gasteiger charge is -2.11. The summed E-state index contributed by atoms with van der Waals surface area (Å²) in [5, 5.41) is 12.0. The molecule has 6 heteroatoms. The van der Waals surface area contributed by atoms with Gasteiger partial charge in [0.15, 0.2) is 0 Å². The quantitative estimate of drug-likeness (QED) is 0.846. The first-order valence-electron chi connectivity index (χ1n) is 5.99. The van der Waals surface area contributed by atoms with Gasteiger partial charge in [-0.1, -0.05) is 23.7 Å². The van der Waals surface area contributed by atoms with E-state index >= 15 is 0 Å². The average Bonchev–Trinajstić information content (AvgIpc) is 2.43. The maximum Gasteiger partial charge on any atom is 0.337 e. The van der Waals surface area contributed by atoms with E-state index in [-0.39, 0.29) is 11.3 Å². The highest BCUT2D eigenvalue weighted by atomic mass is 79.9. The Labute approximate surface area is 134 Å².